The van der Waals surface area contributed by atoms with Crippen molar-refractivity contribution < 1.29 is 9.59 Å². The highest BCUT2D eigenvalue weighted by atomic mass is 16.1. The quantitative estimate of drug-likeness (QED) is 0.856. The van der Waals surface area contributed by atoms with Crippen molar-refractivity contribution in [3.63, 3.8) is 0 Å². The second-order valence-electron chi connectivity index (χ2n) is 5.64. The lowest BCUT2D eigenvalue weighted by molar-refractivity contribution is -0.119. The van der Waals surface area contributed by atoms with Crippen LogP contribution in [0.2, 0.25) is 0 Å². The smallest absolute Gasteiger partial charge is 0.217 e. The first kappa shape index (κ1) is 16.0. The maximum absolute atomic E-state index is 11.5. The fraction of sp³-hybridized carbons (Fsp3) is 0.263. The Labute approximate surface area is 131 Å². The Kier molecular flexibility index (Phi) is 5.10. The third-order valence-electron chi connectivity index (χ3n) is 3.55. The van der Waals surface area contributed by atoms with Gasteiger partial charge in [0.2, 0.25) is 5.91 Å². The minimum absolute atomic E-state index is 0.00910. The van der Waals surface area contributed by atoms with E-state index in [4.69, 9.17) is 0 Å². The highest BCUT2D eigenvalue weighted by molar-refractivity contribution is 5.95. The van der Waals surface area contributed by atoms with Gasteiger partial charge >= 0.3 is 0 Å². The van der Waals surface area contributed by atoms with Gasteiger partial charge in [-0.15, -0.1) is 0 Å². The molecule has 0 saturated heterocycles. The highest BCUT2D eigenvalue weighted by Gasteiger charge is 2.06. The lowest BCUT2D eigenvalue weighted by atomic mass is 9.99. The van der Waals surface area contributed by atoms with Gasteiger partial charge in [-0.1, -0.05) is 42.5 Å². The Hall–Kier alpha value is -2.42. The molecule has 0 aliphatic heterocycles. The largest absolute Gasteiger partial charge is 0.354 e. The van der Waals surface area contributed by atoms with Crippen molar-refractivity contribution >= 4 is 11.7 Å². The Bertz CT molecular complexity index is 674. The maximum atomic E-state index is 11.5. The van der Waals surface area contributed by atoms with Gasteiger partial charge in [-0.3, -0.25) is 9.59 Å². The number of carbonyl (C=O) groups is 2. The first-order valence-electron chi connectivity index (χ1n) is 7.43. The molecule has 0 fully saturated rings. The molecule has 2 rings (SSSR count). The second-order valence-corrected chi connectivity index (χ2v) is 5.64. The zero-order valence-electron chi connectivity index (χ0n) is 13.2. The molecule has 2 aromatic carbocycles. The topological polar surface area (TPSA) is 46.2 Å². The molecule has 0 spiro atoms. The molecule has 1 N–H and O–H groups in total. The van der Waals surface area contributed by atoms with Crippen molar-refractivity contribution in [1.29, 1.82) is 0 Å². The average Bonchev–Trinajstić information content (AvgIpc) is 2.47. The zero-order valence-corrected chi connectivity index (χ0v) is 13.2. The Balaban J connectivity index is 2.13. The molecule has 22 heavy (non-hydrogen) atoms. The number of ketones is 1. The van der Waals surface area contributed by atoms with E-state index in [-0.39, 0.29) is 17.7 Å². The fourth-order valence-corrected chi connectivity index (χ4v) is 2.50. The zero-order chi connectivity index (χ0) is 16.1. The van der Waals surface area contributed by atoms with Crippen LogP contribution in [0.5, 0.6) is 0 Å². The van der Waals surface area contributed by atoms with Crippen molar-refractivity contribution in [2.24, 2.45) is 0 Å². The number of rotatable bonds is 5. The van der Waals surface area contributed by atoms with Crippen LogP contribution in [-0.2, 0) is 11.2 Å². The van der Waals surface area contributed by atoms with E-state index in [9.17, 15) is 9.59 Å². The van der Waals surface area contributed by atoms with Gasteiger partial charge in [0.25, 0.3) is 0 Å². The normalized spacial score (nSPS) is 11.8. The monoisotopic (exact) mass is 295 g/mol. The average molecular weight is 295 g/mol. The minimum atomic E-state index is -0.00910. The summed E-state index contributed by atoms with van der Waals surface area (Å²) in [4.78, 5) is 22.5. The summed E-state index contributed by atoms with van der Waals surface area (Å²) in [6, 6.07) is 16.0. The first-order valence-corrected chi connectivity index (χ1v) is 7.43. The summed E-state index contributed by atoms with van der Waals surface area (Å²) in [7, 11) is 0. The third kappa shape index (κ3) is 4.29. The van der Waals surface area contributed by atoms with Gasteiger partial charge in [0.1, 0.15) is 0 Å². The Morgan fingerprint density at radius 3 is 2.27 bits per heavy atom. The summed E-state index contributed by atoms with van der Waals surface area (Å²) in [5, 5.41) is 2.88. The summed E-state index contributed by atoms with van der Waals surface area (Å²) in [5.41, 5.74) is 4.02. The van der Waals surface area contributed by atoms with Gasteiger partial charge in [0, 0.05) is 18.5 Å². The molecule has 114 valence electrons. The van der Waals surface area contributed by atoms with Gasteiger partial charge in [-0.25, -0.2) is 0 Å². The van der Waals surface area contributed by atoms with E-state index in [1.54, 1.807) is 6.92 Å². The van der Waals surface area contributed by atoms with Crippen LogP contribution in [0.25, 0.3) is 11.1 Å². The molecule has 0 heterocycles. The molecular weight excluding hydrogens is 274 g/mol. The number of carbonyl (C=O) groups excluding carboxylic acids is 2. The predicted octanol–water partition coefficient (Wildman–Crippen LogP) is 3.62. The minimum Gasteiger partial charge on any atom is -0.354 e. The van der Waals surface area contributed by atoms with Crippen molar-refractivity contribution in [2.45, 2.75) is 33.2 Å². The summed E-state index contributed by atoms with van der Waals surface area (Å²) in [6.45, 7) is 5.10. The van der Waals surface area contributed by atoms with Gasteiger partial charge < -0.3 is 5.32 Å². The van der Waals surface area contributed by atoms with Crippen LogP contribution in [-0.4, -0.2) is 17.7 Å². The van der Waals surface area contributed by atoms with Crippen LogP contribution in [0.1, 0.15) is 36.7 Å². The molecule has 0 aliphatic carbocycles. The fourth-order valence-electron chi connectivity index (χ4n) is 2.50. The number of amides is 1. The van der Waals surface area contributed by atoms with Crippen LogP contribution in [0, 0.1) is 0 Å². The number of hydrogen-bond acceptors (Lipinski definition) is 2. The molecule has 1 amide bonds. The van der Waals surface area contributed by atoms with Gasteiger partial charge in [0.05, 0.1) is 0 Å². The number of benzene rings is 2. The predicted molar refractivity (Wildman–Crippen MR) is 88.9 cm³/mol. The van der Waals surface area contributed by atoms with Crippen molar-refractivity contribution in [3.8, 4) is 11.1 Å². The molecule has 3 nitrogen and oxygen atoms in total. The molecule has 0 radical (unpaired) electrons. The SMILES string of the molecule is CC(=O)NC(C)Cc1ccc(-c2cccc(C(C)=O)c2)cc1. The number of nitrogens with one attached hydrogen (secondary N) is 1. The lowest BCUT2D eigenvalue weighted by Crippen LogP contribution is -2.31. The van der Waals surface area contributed by atoms with E-state index in [0.717, 1.165) is 23.1 Å². The molecular formula is C19H21NO2. The molecule has 1 unspecified atom stereocenters. The van der Waals surface area contributed by atoms with Crippen LogP contribution in [0.3, 0.4) is 0 Å². The summed E-state index contributed by atoms with van der Waals surface area (Å²) in [5.74, 6) is 0.0628. The van der Waals surface area contributed by atoms with Gasteiger partial charge in [0.15, 0.2) is 5.78 Å². The van der Waals surface area contributed by atoms with E-state index in [1.807, 2.05) is 31.2 Å². The molecule has 2 aromatic rings. The molecule has 1 atom stereocenters. The Morgan fingerprint density at radius 2 is 1.68 bits per heavy atom. The van der Waals surface area contributed by atoms with Gasteiger partial charge in [-0.05, 0) is 43.0 Å². The molecule has 0 saturated carbocycles. The van der Waals surface area contributed by atoms with Crippen LogP contribution >= 0.6 is 0 Å². The van der Waals surface area contributed by atoms with E-state index >= 15 is 0 Å². The lowest BCUT2D eigenvalue weighted by Gasteiger charge is -2.12. The van der Waals surface area contributed by atoms with Crippen LogP contribution in [0.4, 0.5) is 0 Å². The molecule has 0 aromatic heterocycles. The van der Waals surface area contributed by atoms with Crippen molar-refractivity contribution in [1.82, 2.24) is 5.32 Å². The first-order chi connectivity index (χ1) is 10.5. The summed E-state index contributed by atoms with van der Waals surface area (Å²) >= 11 is 0. The molecule has 0 bridgehead atoms. The highest BCUT2D eigenvalue weighted by Crippen LogP contribution is 2.21. The summed E-state index contributed by atoms with van der Waals surface area (Å²) < 4.78 is 0. The van der Waals surface area contributed by atoms with Crippen LogP contribution in [0.15, 0.2) is 48.5 Å². The molecule has 0 aliphatic rings. The van der Waals surface area contributed by atoms with Crippen LogP contribution < -0.4 is 5.32 Å². The van der Waals surface area contributed by atoms with Crippen molar-refractivity contribution in [2.75, 3.05) is 0 Å². The third-order valence-corrected chi connectivity index (χ3v) is 3.55. The molecule has 3 heteroatoms. The maximum Gasteiger partial charge on any atom is 0.217 e. The van der Waals surface area contributed by atoms with E-state index in [2.05, 4.69) is 29.6 Å². The van der Waals surface area contributed by atoms with E-state index in [0.29, 0.717) is 0 Å². The number of Topliss-reactive ketones (excluding diaryl/α,β-unsaturated/α-hetero) is 1. The van der Waals surface area contributed by atoms with E-state index in [1.165, 1.54) is 12.5 Å². The van der Waals surface area contributed by atoms with Gasteiger partial charge in [-0.2, -0.15) is 0 Å². The standard InChI is InChI=1S/C19H21NO2/c1-13(20-15(3)22)11-16-7-9-17(10-8-16)19-6-4-5-18(12-19)14(2)21/h4-10,12-13H,11H2,1-3H3,(H,20,22). The van der Waals surface area contributed by atoms with Crippen molar-refractivity contribution in [3.05, 3.63) is 59.7 Å². The number of hydrogen-bond donors (Lipinski definition) is 1. The van der Waals surface area contributed by atoms with E-state index < -0.39 is 0 Å². The second kappa shape index (κ2) is 7.03. The summed E-state index contributed by atoms with van der Waals surface area (Å²) in [6.07, 6.45) is 0.799. The Morgan fingerprint density at radius 1 is 1.00 bits per heavy atom.